The molecule has 5 heteroatoms. The van der Waals surface area contributed by atoms with E-state index in [1.54, 1.807) is 48.1 Å². The van der Waals surface area contributed by atoms with E-state index >= 15 is 0 Å². The molecule has 1 heterocycles. The zero-order chi connectivity index (χ0) is 14.7. The average molecular weight is 272 g/mol. The standard InChI is InChI=1S/C15H16N2O3/c1-10(19)12-7-14(17(2)8-12)15(20)16-13-6-4-3-5-11(13)9-18/h3-8,18H,9H2,1-2H3,(H,16,20). The van der Waals surface area contributed by atoms with Crippen LogP contribution in [0, 0.1) is 0 Å². The molecule has 0 fully saturated rings. The number of carbonyl (C=O) groups excluding carboxylic acids is 2. The zero-order valence-corrected chi connectivity index (χ0v) is 11.4. The maximum Gasteiger partial charge on any atom is 0.272 e. The van der Waals surface area contributed by atoms with Crippen LogP contribution in [0.5, 0.6) is 0 Å². The molecule has 0 radical (unpaired) electrons. The van der Waals surface area contributed by atoms with Crippen LogP contribution < -0.4 is 5.32 Å². The number of Topliss-reactive ketones (excluding diaryl/α,β-unsaturated/α-hetero) is 1. The summed E-state index contributed by atoms with van der Waals surface area (Å²) in [6.45, 7) is 1.31. The smallest absolute Gasteiger partial charge is 0.272 e. The number of amides is 1. The van der Waals surface area contributed by atoms with Crippen LogP contribution in [0.25, 0.3) is 0 Å². The largest absolute Gasteiger partial charge is 0.392 e. The van der Waals surface area contributed by atoms with Crippen LogP contribution in [-0.4, -0.2) is 21.4 Å². The molecular weight excluding hydrogens is 256 g/mol. The highest BCUT2D eigenvalue weighted by Crippen LogP contribution is 2.17. The minimum Gasteiger partial charge on any atom is -0.392 e. The third-order valence-corrected chi connectivity index (χ3v) is 3.08. The first kappa shape index (κ1) is 14.0. The fourth-order valence-electron chi connectivity index (χ4n) is 1.95. The van der Waals surface area contributed by atoms with Gasteiger partial charge in [0.15, 0.2) is 5.78 Å². The predicted molar refractivity (Wildman–Crippen MR) is 75.7 cm³/mol. The van der Waals surface area contributed by atoms with Crippen molar-refractivity contribution >= 4 is 17.4 Å². The number of aliphatic hydroxyl groups excluding tert-OH is 1. The molecule has 20 heavy (non-hydrogen) atoms. The van der Waals surface area contributed by atoms with Gasteiger partial charge in [-0.1, -0.05) is 18.2 Å². The molecule has 0 bridgehead atoms. The van der Waals surface area contributed by atoms with Crippen molar-refractivity contribution in [3.8, 4) is 0 Å². The van der Waals surface area contributed by atoms with Gasteiger partial charge in [-0.3, -0.25) is 9.59 Å². The Kier molecular flexibility index (Phi) is 4.00. The summed E-state index contributed by atoms with van der Waals surface area (Å²) in [6.07, 6.45) is 1.62. The minimum absolute atomic E-state index is 0.0876. The SMILES string of the molecule is CC(=O)c1cc(C(=O)Nc2ccccc2CO)n(C)c1. The number of para-hydroxylation sites is 1. The Balaban J connectivity index is 2.26. The second kappa shape index (κ2) is 5.71. The van der Waals surface area contributed by atoms with Crippen LogP contribution in [-0.2, 0) is 13.7 Å². The quantitative estimate of drug-likeness (QED) is 0.836. The number of nitrogens with one attached hydrogen (secondary N) is 1. The summed E-state index contributed by atoms with van der Waals surface area (Å²) in [6, 6.07) is 8.58. The van der Waals surface area contributed by atoms with Gasteiger partial charge in [0.1, 0.15) is 5.69 Å². The fourth-order valence-corrected chi connectivity index (χ4v) is 1.95. The zero-order valence-electron chi connectivity index (χ0n) is 11.4. The number of anilines is 1. The molecule has 0 aliphatic rings. The van der Waals surface area contributed by atoms with Crippen molar-refractivity contribution in [2.45, 2.75) is 13.5 Å². The van der Waals surface area contributed by atoms with E-state index in [2.05, 4.69) is 5.32 Å². The van der Waals surface area contributed by atoms with Crippen molar-refractivity contribution in [3.05, 3.63) is 53.3 Å². The van der Waals surface area contributed by atoms with E-state index < -0.39 is 0 Å². The van der Waals surface area contributed by atoms with Crippen LogP contribution in [0.1, 0.15) is 33.3 Å². The lowest BCUT2D eigenvalue weighted by atomic mass is 10.2. The monoisotopic (exact) mass is 272 g/mol. The number of aryl methyl sites for hydroxylation is 1. The molecule has 0 atom stereocenters. The number of hydrogen-bond acceptors (Lipinski definition) is 3. The molecular formula is C15H16N2O3. The van der Waals surface area contributed by atoms with Crippen LogP contribution in [0.4, 0.5) is 5.69 Å². The lowest BCUT2D eigenvalue weighted by Crippen LogP contribution is -2.16. The van der Waals surface area contributed by atoms with E-state index in [1.807, 2.05) is 0 Å². The van der Waals surface area contributed by atoms with Crippen molar-refractivity contribution < 1.29 is 14.7 Å². The summed E-state index contributed by atoms with van der Waals surface area (Å²) in [4.78, 5) is 23.5. The van der Waals surface area contributed by atoms with E-state index in [4.69, 9.17) is 0 Å². The van der Waals surface area contributed by atoms with Gasteiger partial charge in [-0.2, -0.15) is 0 Å². The molecule has 0 aliphatic heterocycles. The second-order valence-electron chi connectivity index (χ2n) is 4.55. The number of aromatic nitrogens is 1. The summed E-state index contributed by atoms with van der Waals surface area (Å²) in [7, 11) is 1.71. The van der Waals surface area contributed by atoms with Crippen LogP contribution in [0.3, 0.4) is 0 Å². The Morgan fingerprint density at radius 1 is 1.30 bits per heavy atom. The Bertz CT molecular complexity index is 659. The van der Waals surface area contributed by atoms with Gasteiger partial charge in [0.25, 0.3) is 5.91 Å². The molecule has 104 valence electrons. The number of ketones is 1. The maximum atomic E-state index is 12.2. The van der Waals surface area contributed by atoms with Gasteiger partial charge < -0.3 is 15.0 Å². The third-order valence-electron chi connectivity index (χ3n) is 3.08. The molecule has 5 nitrogen and oxygen atoms in total. The van der Waals surface area contributed by atoms with Gasteiger partial charge in [-0.25, -0.2) is 0 Å². The fraction of sp³-hybridized carbons (Fsp3) is 0.200. The number of nitrogens with zero attached hydrogens (tertiary/aromatic N) is 1. The molecule has 1 aromatic carbocycles. The highest BCUT2D eigenvalue weighted by molar-refractivity contribution is 6.05. The number of rotatable bonds is 4. The maximum absolute atomic E-state index is 12.2. The Morgan fingerprint density at radius 2 is 2.00 bits per heavy atom. The van der Waals surface area contributed by atoms with Crippen LogP contribution >= 0.6 is 0 Å². The summed E-state index contributed by atoms with van der Waals surface area (Å²) in [5.41, 5.74) is 2.09. The Morgan fingerprint density at radius 3 is 2.60 bits per heavy atom. The molecule has 1 aromatic heterocycles. The van der Waals surface area contributed by atoms with E-state index in [0.29, 0.717) is 22.5 Å². The van der Waals surface area contributed by atoms with Gasteiger partial charge >= 0.3 is 0 Å². The summed E-state index contributed by atoms with van der Waals surface area (Å²) in [5, 5.41) is 12.0. The van der Waals surface area contributed by atoms with Crippen molar-refractivity contribution in [2.75, 3.05) is 5.32 Å². The van der Waals surface area contributed by atoms with E-state index in [9.17, 15) is 14.7 Å². The van der Waals surface area contributed by atoms with Gasteiger partial charge in [0.05, 0.1) is 6.61 Å². The summed E-state index contributed by atoms with van der Waals surface area (Å²) in [5.74, 6) is -0.406. The molecule has 2 rings (SSSR count). The van der Waals surface area contributed by atoms with Crippen molar-refractivity contribution in [1.82, 2.24) is 4.57 Å². The van der Waals surface area contributed by atoms with Crippen molar-refractivity contribution in [3.63, 3.8) is 0 Å². The van der Waals surface area contributed by atoms with E-state index in [0.717, 1.165) is 0 Å². The number of benzene rings is 1. The topological polar surface area (TPSA) is 71.3 Å². The molecule has 0 aliphatic carbocycles. The molecule has 0 spiro atoms. The minimum atomic E-state index is -0.319. The van der Waals surface area contributed by atoms with Crippen LogP contribution in [0.15, 0.2) is 36.5 Å². The number of aliphatic hydroxyl groups is 1. The van der Waals surface area contributed by atoms with Crippen LogP contribution in [0.2, 0.25) is 0 Å². The highest BCUT2D eigenvalue weighted by atomic mass is 16.3. The molecule has 0 unspecified atom stereocenters. The summed E-state index contributed by atoms with van der Waals surface area (Å²) < 4.78 is 1.60. The third kappa shape index (κ3) is 2.78. The lowest BCUT2D eigenvalue weighted by molar-refractivity contribution is 0.101. The van der Waals surface area contributed by atoms with E-state index in [1.165, 1.54) is 6.92 Å². The lowest BCUT2D eigenvalue weighted by Gasteiger charge is -2.09. The van der Waals surface area contributed by atoms with Gasteiger partial charge in [-0.05, 0) is 19.1 Å². The molecule has 0 saturated heterocycles. The van der Waals surface area contributed by atoms with Crippen molar-refractivity contribution in [1.29, 1.82) is 0 Å². The molecule has 1 amide bonds. The highest BCUT2D eigenvalue weighted by Gasteiger charge is 2.14. The predicted octanol–water partition coefficient (Wildman–Crippen LogP) is 1.97. The summed E-state index contributed by atoms with van der Waals surface area (Å²) >= 11 is 0. The Hall–Kier alpha value is -2.40. The van der Waals surface area contributed by atoms with Gasteiger partial charge in [-0.15, -0.1) is 0 Å². The molecule has 0 saturated carbocycles. The Labute approximate surface area is 116 Å². The van der Waals surface area contributed by atoms with Gasteiger partial charge in [0.2, 0.25) is 0 Å². The second-order valence-corrected chi connectivity index (χ2v) is 4.55. The molecule has 2 N–H and O–H groups in total. The first-order chi connectivity index (χ1) is 9.52. The van der Waals surface area contributed by atoms with E-state index in [-0.39, 0.29) is 18.3 Å². The first-order valence-corrected chi connectivity index (χ1v) is 6.20. The molecule has 2 aromatic rings. The first-order valence-electron chi connectivity index (χ1n) is 6.20. The van der Waals surface area contributed by atoms with Gasteiger partial charge in [0, 0.05) is 30.1 Å². The average Bonchev–Trinajstić information content (AvgIpc) is 2.82. The normalized spacial score (nSPS) is 10.3. The number of carbonyl (C=O) groups is 2. The van der Waals surface area contributed by atoms with Crippen molar-refractivity contribution in [2.24, 2.45) is 7.05 Å². The number of hydrogen-bond donors (Lipinski definition) is 2.